The summed E-state index contributed by atoms with van der Waals surface area (Å²) in [4.78, 5) is 51.7. The maximum atomic E-state index is 14.4. The number of ether oxygens (including phenoxy) is 1. The monoisotopic (exact) mass is 640 g/mol. The lowest BCUT2D eigenvalue weighted by Gasteiger charge is -2.61. The highest BCUT2D eigenvalue weighted by Crippen LogP contribution is 2.64. The number of aliphatic hydroxyl groups excluding tert-OH is 2. The molecular weight excluding hydrogens is 600 g/mol. The van der Waals surface area contributed by atoms with Crippen molar-refractivity contribution in [1.82, 2.24) is 0 Å². The molecule has 5 atom stereocenters. The van der Waals surface area contributed by atoms with Crippen LogP contribution in [0.15, 0.2) is 59.9 Å². The summed E-state index contributed by atoms with van der Waals surface area (Å²) in [6, 6.07) is 15.1. The van der Waals surface area contributed by atoms with E-state index in [1.54, 1.807) is 19.9 Å². The maximum Gasteiger partial charge on any atom is 0.305 e. The van der Waals surface area contributed by atoms with E-state index in [0.717, 1.165) is 34.4 Å². The third-order valence-corrected chi connectivity index (χ3v) is 10.8. The molecule has 3 aromatic carbocycles. The van der Waals surface area contributed by atoms with Gasteiger partial charge in [-0.05, 0) is 84.0 Å². The molecule has 0 radical (unpaired) electrons. The Morgan fingerprint density at radius 3 is 2.32 bits per heavy atom. The number of aromatic hydroxyl groups is 1. The van der Waals surface area contributed by atoms with Crippen LogP contribution in [0.2, 0.25) is 0 Å². The van der Waals surface area contributed by atoms with Crippen molar-refractivity contribution in [2.45, 2.75) is 77.9 Å². The average molecular weight is 641 g/mol. The van der Waals surface area contributed by atoms with E-state index in [-0.39, 0.29) is 36.5 Å². The van der Waals surface area contributed by atoms with E-state index in [9.17, 15) is 39.6 Å². The van der Waals surface area contributed by atoms with Crippen LogP contribution in [0.4, 0.5) is 0 Å². The second kappa shape index (κ2) is 11.4. The van der Waals surface area contributed by atoms with Gasteiger partial charge in [-0.25, -0.2) is 0 Å². The van der Waals surface area contributed by atoms with Gasteiger partial charge in [-0.2, -0.15) is 0 Å². The van der Waals surface area contributed by atoms with Crippen molar-refractivity contribution in [2.24, 2.45) is 16.7 Å². The molecule has 1 saturated carbocycles. The zero-order chi connectivity index (χ0) is 34.1. The Labute approximate surface area is 272 Å². The summed E-state index contributed by atoms with van der Waals surface area (Å²) in [5, 5.41) is 48.0. The van der Waals surface area contributed by atoms with Gasteiger partial charge in [0.2, 0.25) is 0 Å². The van der Waals surface area contributed by atoms with Gasteiger partial charge in [0.05, 0.1) is 18.1 Å². The lowest BCUT2D eigenvalue weighted by atomic mass is 9.44. The molecule has 0 aliphatic heterocycles. The zero-order valence-electron chi connectivity index (χ0n) is 27.1. The quantitative estimate of drug-likeness (QED) is 0.198. The van der Waals surface area contributed by atoms with E-state index in [1.165, 1.54) is 6.07 Å². The number of benzene rings is 3. The highest BCUT2D eigenvalue weighted by Gasteiger charge is 2.70. The van der Waals surface area contributed by atoms with E-state index in [2.05, 4.69) is 0 Å². The minimum atomic E-state index is -2.42. The van der Waals surface area contributed by atoms with Crippen LogP contribution >= 0.6 is 0 Å². The van der Waals surface area contributed by atoms with Gasteiger partial charge in [0.1, 0.15) is 23.2 Å². The first-order chi connectivity index (χ1) is 22.2. The van der Waals surface area contributed by atoms with E-state index in [0.29, 0.717) is 31.4 Å². The molecular formula is C38H40O9. The number of esters is 1. The summed E-state index contributed by atoms with van der Waals surface area (Å²) in [6.07, 6.45) is -0.230. The van der Waals surface area contributed by atoms with E-state index in [4.69, 9.17) is 4.74 Å². The summed E-state index contributed by atoms with van der Waals surface area (Å²) in [5.74, 6) is -4.56. The number of aryl methyl sites for hydroxylation is 1. The lowest BCUT2D eigenvalue weighted by Crippen LogP contribution is -2.71. The highest BCUT2D eigenvalue weighted by molar-refractivity contribution is 6.21. The van der Waals surface area contributed by atoms with Crippen LogP contribution in [-0.4, -0.2) is 62.1 Å². The number of ketones is 3. The molecule has 6 rings (SSSR count). The second-order valence-electron chi connectivity index (χ2n) is 14.0. The van der Waals surface area contributed by atoms with Crippen LogP contribution in [0.25, 0.3) is 21.9 Å². The van der Waals surface area contributed by atoms with Crippen molar-refractivity contribution in [1.29, 1.82) is 0 Å². The zero-order valence-corrected chi connectivity index (χ0v) is 27.1. The van der Waals surface area contributed by atoms with Gasteiger partial charge in [0.25, 0.3) is 0 Å². The number of carbonyl (C=O) groups excluding carboxylic acids is 4. The summed E-state index contributed by atoms with van der Waals surface area (Å²) >= 11 is 0. The van der Waals surface area contributed by atoms with Crippen molar-refractivity contribution in [3.05, 3.63) is 76.6 Å². The molecule has 2 unspecified atom stereocenters. The Morgan fingerprint density at radius 1 is 0.957 bits per heavy atom. The lowest BCUT2D eigenvalue weighted by molar-refractivity contribution is -0.222. The molecule has 47 heavy (non-hydrogen) atoms. The number of Topliss-reactive ketones (excluding diaryl/α,β-unsaturated/α-hetero) is 3. The molecule has 3 aliphatic rings. The molecule has 0 bridgehead atoms. The minimum absolute atomic E-state index is 0.0426. The molecule has 0 saturated heterocycles. The molecule has 0 aromatic heterocycles. The Bertz CT molecular complexity index is 1890. The van der Waals surface area contributed by atoms with Crippen molar-refractivity contribution >= 4 is 34.1 Å². The van der Waals surface area contributed by atoms with Crippen molar-refractivity contribution in [3.63, 3.8) is 0 Å². The number of carbonyl (C=O) groups is 4. The van der Waals surface area contributed by atoms with Gasteiger partial charge in [0.15, 0.2) is 23.0 Å². The van der Waals surface area contributed by atoms with Crippen LogP contribution < -0.4 is 0 Å². The van der Waals surface area contributed by atoms with Gasteiger partial charge in [-0.1, -0.05) is 56.3 Å². The molecule has 3 aromatic rings. The SMILES string of the molecule is CCOC(=O)CCCc1ccc(-c2ccc(O)c3c2C[C@@]2(C)C[C@@]4(C)CC(=O)C(C(C)=O)=C(O)[C@@]4(O)C(O)C2C3=O)c2ccccc12. The number of phenolic OH excluding ortho intramolecular Hbond substituents is 1. The number of rotatable bonds is 7. The Kier molecular flexibility index (Phi) is 7.92. The minimum Gasteiger partial charge on any atom is -0.508 e. The second-order valence-corrected chi connectivity index (χ2v) is 14.0. The summed E-state index contributed by atoms with van der Waals surface area (Å²) in [6.45, 7) is 6.65. The van der Waals surface area contributed by atoms with Crippen LogP contribution in [0, 0.1) is 16.7 Å². The normalized spacial score (nSPS) is 28.5. The number of hydrogen-bond donors (Lipinski definition) is 4. The number of phenols is 1. The molecule has 4 N–H and O–H groups in total. The molecule has 1 fully saturated rings. The van der Waals surface area contributed by atoms with Gasteiger partial charge in [-0.15, -0.1) is 0 Å². The van der Waals surface area contributed by atoms with Crippen molar-refractivity contribution < 1.29 is 44.3 Å². The molecule has 0 heterocycles. The fourth-order valence-electron chi connectivity index (χ4n) is 8.88. The van der Waals surface area contributed by atoms with Crippen LogP contribution in [-0.2, 0) is 32.0 Å². The molecule has 9 heteroatoms. The standard InChI is InChI=1S/C38H40O9/c1-5-47-29(42)12-8-9-21-13-14-24(23-11-7-6-10-22(21)23)25-15-16-27(40)31-26(25)17-36(3)19-37(4)18-28(41)30(20(2)39)34(44)38(37,46)35(45)32(36)33(31)43/h6-7,10-11,13-16,32,35,40,44-46H,5,8-9,12,17-19H2,1-4H3/t32?,35?,36-,37+,38+/m0/s1. The smallest absolute Gasteiger partial charge is 0.305 e. The number of hydrogen-bond acceptors (Lipinski definition) is 9. The summed E-state index contributed by atoms with van der Waals surface area (Å²) in [7, 11) is 0. The molecule has 3 aliphatic carbocycles. The average Bonchev–Trinajstić information content (AvgIpc) is 2.99. The van der Waals surface area contributed by atoms with Gasteiger partial charge < -0.3 is 25.2 Å². The van der Waals surface area contributed by atoms with Crippen molar-refractivity contribution in [2.75, 3.05) is 6.61 Å². The summed E-state index contributed by atoms with van der Waals surface area (Å²) < 4.78 is 5.07. The van der Waals surface area contributed by atoms with Gasteiger partial charge in [0, 0.05) is 18.3 Å². The van der Waals surface area contributed by atoms with E-state index in [1.807, 2.05) is 43.3 Å². The van der Waals surface area contributed by atoms with Crippen LogP contribution in [0.5, 0.6) is 5.75 Å². The highest BCUT2D eigenvalue weighted by atomic mass is 16.5. The number of allylic oxidation sites excluding steroid dienone is 1. The molecule has 0 amide bonds. The number of aliphatic hydroxyl groups is 3. The van der Waals surface area contributed by atoms with Gasteiger partial charge >= 0.3 is 5.97 Å². The maximum absolute atomic E-state index is 14.4. The summed E-state index contributed by atoms with van der Waals surface area (Å²) in [5.41, 5.74) is -2.06. The molecule has 246 valence electrons. The largest absolute Gasteiger partial charge is 0.508 e. The molecule has 0 spiro atoms. The Hall–Kier alpha value is -4.34. The van der Waals surface area contributed by atoms with Crippen LogP contribution in [0.3, 0.4) is 0 Å². The fourth-order valence-corrected chi connectivity index (χ4v) is 8.88. The Balaban J connectivity index is 1.46. The van der Waals surface area contributed by atoms with E-state index >= 15 is 0 Å². The third kappa shape index (κ3) is 4.81. The van der Waals surface area contributed by atoms with E-state index < -0.39 is 57.1 Å². The first-order valence-electron chi connectivity index (χ1n) is 16.1. The topological polar surface area (TPSA) is 158 Å². The molecule has 9 nitrogen and oxygen atoms in total. The predicted molar refractivity (Wildman–Crippen MR) is 174 cm³/mol. The fraction of sp³-hybridized carbons (Fsp3) is 0.421. The van der Waals surface area contributed by atoms with Gasteiger partial charge in [-0.3, -0.25) is 19.2 Å². The third-order valence-electron chi connectivity index (χ3n) is 10.8. The Morgan fingerprint density at radius 2 is 1.64 bits per heavy atom. The first kappa shape index (κ1) is 32.6. The van der Waals surface area contributed by atoms with Crippen molar-refractivity contribution in [3.8, 4) is 16.9 Å². The first-order valence-corrected chi connectivity index (χ1v) is 16.1. The predicted octanol–water partition coefficient (Wildman–Crippen LogP) is 5.34. The van der Waals surface area contributed by atoms with Crippen LogP contribution in [0.1, 0.15) is 74.9 Å². The number of fused-ring (bicyclic) bond motifs is 4.